The summed E-state index contributed by atoms with van der Waals surface area (Å²) in [6.45, 7) is 2.24. The van der Waals surface area contributed by atoms with E-state index in [0.29, 0.717) is 5.82 Å². The van der Waals surface area contributed by atoms with E-state index in [-0.39, 0.29) is 12.4 Å². The van der Waals surface area contributed by atoms with Gasteiger partial charge in [0.2, 0.25) is 0 Å². The second-order valence-corrected chi connectivity index (χ2v) is 6.06. The van der Waals surface area contributed by atoms with Gasteiger partial charge in [-0.2, -0.15) is 5.10 Å². The van der Waals surface area contributed by atoms with Gasteiger partial charge in [-0.3, -0.25) is 9.25 Å². The molecule has 0 unspecified atom stereocenters. The van der Waals surface area contributed by atoms with Gasteiger partial charge in [-0.15, -0.1) is 10.2 Å². The van der Waals surface area contributed by atoms with Crippen molar-refractivity contribution in [2.24, 2.45) is 12.8 Å². The summed E-state index contributed by atoms with van der Waals surface area (Å²) in [4.78, 5) is 0. The molecule has 0 amide bonds. The van der Waals surface area contributed by atoms with Crippen molar-refractivity contribution in [3.8, 4) is 5.69 Å². The van der Waals surface area contributed by atoms with E-state index < -0.39 is 0 Å². The van der Waals surface area contributed by atoms with Crippen molar-refractivity contribution >= 4 is 11.8 Å². The van der Waals surface area contributed by atoms with E-state index in [9.17, 15) is 4.39 Å². The molecule has 0 saturated heterocycles. The predicted octanol–water partition coefficient (Wildman–Crippen LogP) is 2.20. The highest BCUT2D eigenvalue weighted by Gasteiger charge is 2.14. The SMILES string of the molecule is Cc1nn(C)cc1CSc1nnc(CN)n1-c1ccc(F)cc1. The number of rotatable bonds is 5. The van der Waals surface area contributed by atoms with Crippen LogP contribution < -0.4 is 5.73 Å². The summed E-state index contributed by atoms with van der Waals surface area (Å²) in [5, 5.41) is 13.4. The monoisotopic (exact) mass is 332 g/mol. The van der Waals surface area contributed by atoms with Crippen molar-refractivity contribution in [3.05, 3.63) is 53.4 Å². The Kier molecular flexibility index (Phi) is 4.44. The smallest absolute Gasteiger partial charge is 0.196 e. The molecule has 0 aliphatic rings. The Morgan fingerprint density at radius 2 is 1.96 bits per heavy atom. The quantitative estimate of drug-likeness (QED) is 0.725. The van der Waals surface area contributed by atoms with E-state index >= 15 is 0 Å². The fourth-order valence-electron chi connectivity index (χ4n) is 2.31. The van der Waals surface area contributed by atoms with Crippen LogP contribution in [0.25, 0.3) is 5.69 Å². The van der Waals surface area contributed by atoms with Gasteiger partial charge in [-0.25, -0.2) is 4.39 Å². The number of aromatic nitrogens is 5. The van der Waals surface area contributed by atoms with Gasteiger partial charge < -0.3 is 5.73 Å². The van der Waals surface area contributed by atoms with Crippen LogP contribution in [0.3, 0.4) is 0 Å². The summed E-state index contributed by atoms with van der Waals surface area (Å²) in [5.41, 5.74) is 8.67. The highest BCUT2D eigenvalue weighted by atomic mass is 32.2. The maximum atomic E-state index is 13.1. The molecule has 2 aromatic heterocycles. The largest absolute Gasteiger partial charge is 0.324 e. The number of thioether (sulfide) groups is 1. The van der Waals surface area contributed by atoms with Gasteiger partial charge in [0.25, 0.3) is 0 Å². The van der Waals surface area contributed by atoms with Crippen molar-refractivity contribution in [3.63, 3.8) is 0 Å². The van der Waals surface area contributed by atoms with Gasteiger partial charge in [0.1, 0.15) is 5.82 Å². The zero-order valence-corrected chi connectivity index (χ0v) is 13.7. The number of hydrogen-bond donors (Lipinski definition) is 1. The Morgan fingerprint density at radius 3 is 2.57 bits per heavy atom. The molecule has 0 atom stereocenters. The lowest BCUT2D eigenvalue weighted by molar-refractivity contribution is 0.627. The minimum atomic E-state index is -0.281. The molecule has 0 aliphatic carbocycles. The van der Waals surface area contributed by atoms with Crippen molar-refractivity contribution in [1.29, 1.82) is 0 Å². The van der Waals surface area contributed by atoms with Gasteiger partial charge in [-0.05, 0) is 31.2 Å². The Hall–Kier alpha value is -2.19. The molecule has 0 saturated carbocycles. The Balaban J connectivity index is 1.89. The number of benzene rings is 1. The second-order valence-electron chi connectivity index (χ2n) is 5.12. The molecule has 0 bridgehead atoms. The standard InChI is InChI=1S/C15H17FN6S/c1-10-11(8-21(2)20-10)9-23-15-19-18-14(7-17)22(15)13-5-3-12(16)4-6-13/h3-6,8H,7,9,17H2,1-2H3. The van der Waals surface area contributed by atoms with Crippen LogP contribution in [0.5, 0.6) is 0 Å². The first-order valence-electron chi connectivity index (χ1n) is 7.10. The maximum Gasteiger partial charge on any atom is 0.196 e. The van der Waals surface area contributed by atoms with Crippen LogP contribution >= 0.6 is 11.8 Å². The molecule has 2 heterocycles. The Morgan fingerprint density at radius 1 is 1.22 bits per heavy atom. The van der Waals surface area contributed by atoms with Gasteiger partial charge in [0.15, 0.2) is 11.0 Å². The van der Waals surface area contributed by atoms with Gasteiger partial charge in [0, 0.05) is 30.2 Å². The summed E-state index contributed by atoms with van der Waals surface area (Å²) in [7, 11) is 1.90. The first-order valence-corrected chi connectivity index (χ1v) is 8.09. The van der Waals surface area contributed by atoms with Crippen LogP contribution in [0.15, 0.2) is 35.6 Å². The number of halogens is 1. The van der Waals surface area contributed by atoms with Crippen LogP contribution in [0.2, 0.25) is 0 Å². The minimum absolute atomic E-state index is 0.261. The predicted molar refractivity (Wildman–Crippen MR) is 86.7 cm³/mol. The van der Waals surface area contributed by atoms with Gasteiger partial charge >= 0.3 is 0 Å². The van der Waals surface area contributed by atoms with E-state index in [2.05, 4.69) is 15.3 Å². The van der Waals surface area contributed by atoms with E-state index in [4.69, 9.17) is 5.73 Å². The number of hydrogen-bond acceptors (Lipinski definition) is 5. The summed E-state index contributed by atoms with van der Waals surface area (Å²) < 4.78 is 16.8. The molecule has 3 rings (SSSR count). The number of nitrogens with zero attached hydrogens (tertiary/aromatic N) is 5. The van der Waals surface area contributed by atoms with E-state index in [1.807, 2.05) is 24.7 Å². The fraction of sp³-hybridized carbons (Fsp3) is 0.267. The molecular formula is C15H17FN6S. The molecule has 3 aromatic rings. The molecule has 2 N–H and O–H groups in total. The third kappa shape index (κ3) is 3.27. The third-order valence-corrected chi connectivity index (χ3v) is 4.42. The molecule has 23 heavy (non-hydrogen) atoms. The van der Waals surface area contributed by atoms with Crippen LogP contribution in [0.1, 0.15) is 17.1 Å². The maximum absolute atomic E-state index is 13.1. The Bertz CT molecular complexity index is 808. The summed E-state index contributed by atoms with van der Waals surface area (Å²) in [6, 6.07) is 6.21. The highest BCUT2D eigenvalue weighted by molar-refractivity contribution is 7.98. The summed E-state index contributed by atoms with van der Waals surface area (Å²) >= 11 is 1.55. The normalized spacial score (nSPS) is 11.1. The molecule has 6 nitrogen and oxygen atoms in total. The first kappa shape index (κ1) is 15.7. The van der Waals surface area contributed by atoms with Crippen molar-refractivity contribution in [2.45, 2.75) is 24.4 Å². The van der Waals surface area contributed by atoms with Crippen molar-refractivity contribution < 1.29 is 4.39 Å². The lowest BCUT2D eigenvalue weighted by atomic mass is 10.3. The van der Waals surface area contributed by atoms with Crippen molar-refractivity contribution in [1.82, 2.24) is 24.5 Å². The lowest BCUT2D eigenvalue weighted by Crippen LogP contribution is -2.07. The number of nitrogens with two attached hydrogens (primary N) is 1. The minimum Gasteiger partial charge on any atom is -0.324 e. The zero-order valence-electron chi connectivity index (χ0n) is 12.9. The molecule has 0 fully saturated rings. The Labute approximate surface area is 137 Å². The zero-order chi connectivity index (χ0) is 16.4. The topological polar surface area (TPSA) is 74.6 Å². The first-order chi connectivity index (χ1) is 11.1. The molecule has 0 aliphatic heterocycles. The third-order valence-electron chi connectivity index (χ3n) is 3.44. The summed E-state index contributed by atoms with van der Waals surface area (Å²) in [5.74, 6) is 1.09. The molecule has 1 aromatic carbocycles. The molecule has 120 valence electrons. The van der Waals surface area contributed by atoms with Gasteiger partial charge in [-0.1, -0.05) is 11.8 Å². The average Bonchev–Trinajstić information content (AvgIpc) is 3.08. The number of aryl methyl sites for hydroxylation is 2. The summed E-state index contributed by atoms with van der Waals surface area (Å²) in [6.07, 6.45) is 1.99. The molecule has 8 heteroatoms. The lowest BCUT2D eigenvalue weighted by Gasteiger charge is -2.09. The van der Waals surface area contributed by atoms with E-state index in [1.165, 1.54) is 12.1 Å². The highest BCUT2D eigenvalue weighted by Crippen LogP contribution is 2.26. The second kappa shape index (κ2) is 6.51. The fourth-order valence-corrected chi connectivity index (χ4v) is 3.31. The van der Waals surface area contributed by atoms with Crippen LogP contribution in [-0.4, -0.2) is 24.5 Å². The van der Waals surface area contributed by atoms with E-state index in [1.54, 1.807) is 28.6 Å². The molecule has 0 radical (unpaired) electrons. The van der Waals surface area contributed by atoms with Gasteiger partial charge in [0.05, 0.1) is 12.2 Å². The molecular weight excluding hydrogens is 315 g/mol. The van der Waals surface area contributed by atoms with Crippen LogP contribution in [0, 0.1) is 12.7 Å². The van der Waals surface area contributed by atoms with Crippen molar-refractivity contribution in [2.75, 3.05) is 0 Å². The average molecular weight is 332 g/mol. The van der Waals surface area contributed by atoms with Crippen LogP contribution in [-0.2, 0) is 19.3 Å². The molecule has 0 spiro atoms. The van der Waals surface area contributed by atoms with E-state index in [0.717, 1.165) is 27.9 Å². The van der Waals surface area contributed by atoms with Crippen LogP contribution in [0.4, 0.5) is 4.39 Å².